The van der Waals surface area contributed by atoms with Gasteiger partial charge in [0, 0.05) is 57.9 Å². The summed E-state index contributed by atoms with van der Waals surface area (Å²) < 4.78 is 11.6. The van der Waals surface area contributed by atoms with Crippen molar-refractivity contribution in [3.63, 3.8) is 0 Å². The van der Waals surface area contributed by atoms with Crippen LogP contribution in [-0.2, 0) is 11.3 Å². The molecule has 3 rings (SSSR count). The molecule has 2 aliphatic heterocycles. The second-order valence-electron chi connectivity index (χ2n) is 8.50. The topological polar surface area (TPSA) is 61.4 Å². The summed E-state index contributed by atoms with van der Waals surface area (Å²) in [7, 11) is 4.03. The molecular weight excluding hydrogens is 505 g/mol. The Morgan fingerprint density at radius 3 is 2.87 bits per heavy atom. The zero-order valence-electron chi connectivity index (χ0n) is 19.4. The van der Waals surface area contributed by atoms with Crippen LogP contribution in [0.25, 0.3) is 0 Å². The van der Waals surface area contributed by atoms with Crippen molar-refractivity contribution in [3.05, 3.63) is 29.3 Å². The second-order valence-corrected chi connectivity index (χ2v) is 8.50. The SMILES string of the molecule is CN=C(NCCN1CCCN(C)CC1)NCc1ccc(C)cc1OCC1CCOC1.I. The fourth-order valence-corrected chi connectivity index (χ4v) is 3.92. The molecule has 176 valence electrons. The molecule has 1 aromatic rings. The number of halogens is 1. The third-order valence-electron chi connectivity index (χ3n) is 5.92. The van der Waals surface area contributed by atoms with Gasteiger partial charge in [-0.15, -0.1) is 24.0 Å². The van der Waals surface area contributed by atoms with Crippen molar-refractivity contribution in [2.75, 3.05) is 73.2 Å². The van der Waals surface area contributed by atoms with Crippen LogP contribution in [0.3, 0.4) is 0 Å². The highest BCUT2D eigenvalue weighted by molar-refractivity contribution is 14.0. The van der Waals surface area contributed by atoms with Gasteiger partial charge in [-0.1, -0.05) is 12.1 Å². The Labute approximate surface area is 205 Å². The highest BCUT2D eigenvalue weighted by atomic mass is 127. The summed E-state index contributed by atoms with van der Waals surface area (Å²) in [5.74, 6) is 2.29. The van der Waals surface area contributed by atoms with Gasteiger partial charge < -0.3 is 29.9 Å². The van der Waals surface area contributed by atoms with Gasteiger partial charge >= 0.3 is 0 Å². The van der Waals surface area contributed by atoms with Crippen LogP contribution < -0.4 is 15.4 Å². The maximum absolute atomic E-state index is 6.16. The number of nitrogens with one attached hydrogen (secondary N) is 2. The van der Waals surface area contributed by atoms with E-state index in [1.807, 2.05) is 7.05 Å². The number of guanidine groups is 1. The highest BCUT2D eigenvalue weighted by Crippen LogP contribution is 2.22. The normalized spacial score (nSPS) is 20.7. The van der Waals surface area contributed by atoms with E-state index in [0.717, 1.165) is 63.1 Å². The molecule has 0 spiro atoms. The second kappa shape index (κ2) is 14.1. The lowest BCUT2D eigenvalue weighted by Gasteiger charge is -2.21. The molecule has 0 amide bonds. The molecule has 0 bridgehead atoms. The number of hydrogen-bond acceptors (Lipinski definition) is 5. The minimum Gasteiger partial charge on any atom is -0.493 e. The number of aryl methyl sites for hydroxylation is 1. The summed E-state index contributed by atoms with van der Waals surface area (Å²) in [6.07, 6.45) is 2.33. The Balaban J connectivity index is 0.00000341. The van der Waals surface area contributed by atoms with Crippen LogP contribution in [0.2, 0.25) is 0 Å². The number of benzene rings is 1. The zero-order chi connectivity index (χ0) is 21.2. The molecule has 2 aliphatic rings. The van der Waals surface area contributed by atoms with Crippen LogP contribution in [0.15, 0.2) is 23.2 Å². The van der Waals surface area contributed by atoms with Crippen LogP contribution >= 0.6 is 24.0 Å². The molecule has 2 saturated heterocycles. The largest absolute Gasteiger partial charge is 0.493 e. The highest BCUT2D eigenvalue weighted by Gasteiger charge is 2.17. The van der Waals surface area contributed by atoms with Gasteiger partial charge in [0.1, 0.15) is 5.75 Å². The molecule has 7 nitrogen and oxygen atoms in total. The van der Waals surface area contributed by atoms with Gasteiger partial charge in [-0.2, -0.15) is 0 Å². The number of rotatable bonds is 8. The molecule has 2 heterocycles. The Bertz CT molecular complexity index is 682. The predicted molar refractivity (Wildman–Crippen MR) is 138 cm³/mol. The van der Waals surface area contributed by atoms with Crippen molar-refractivity contribution in [1.29, 1.82) is 0 Å². The Morgan fingerprint density at radius 1 is 1.23 bits per heavy atom. The van der Waals surface area contributed by atoms with E-state index in [9.17, 15) is 0 Å². The molecular formula is C23H40IN5O2. The lowest BCUT2D eigenvalue weighted by Crippen LogP contribution is -2.42. The third-order valence-corrected chi connectivity index (χ3v) is 5.92. The molecule has 8 heteroatoms. The van der Waals surface area contributed by atoms with Crippen molar-refractivity contribution in [3.8, 4) is 5.75 Å². The van der Waals surface area contributed by atoms with Crippen LogP contribution in [0.1, 0.15) is 24.0 Å². The number of ether oxygens (including phenoxy) is 2. The smallest absolute Gasteiger partial charge is 0.191 e. The minimum atomic E-state index is 0. The summed E-state index contributed by atoms with van der Waals surface area (Å²) in [4.78, 5) is 9.32. The molecule has 1 unspecified atom stereocenters. The monoisotopic (exact) mass is 545 g/mol. The molecule has 0 radical (unpaired) electrons. The summed E-state index contributed by atoms with van der Waals surface area (Å²) in [5, 5.41) is 6.89. The van der Waals surface area contributed by atoms with E-state index in [4.69, 9.17) is 9.47 Å². The Morgan fingerprint density at radius 2 is 2.10 bits per heavy atom. The Hall–Kier alpha value is -1.10. The zero-order valence-corrected chi connectivity index (χ0v) is 21.7. The first-order valence-corrected chi connectivity index (χ1v) is 11.3. The number of nitrogens with zero attached hydrogens (tertiary/aromatic N) is 3. The van der Waals surface area contributed by atoms with Crippen molar-refractivity contribution in [1.82, 2.24) is 20.4 Å². The first-order valence-electron chi connectivity index (χ1n) is 11.3. The first kappa shape index (κ1) is 26.2. The number of likely N-dealkylation sites (N-methyl/N-ethyl adjacent to an activating group) is 1. The molecule has 1 aromatic carbocycles. The predicted octanol–water partition coefficient (Wildman–Crippen LogP) is 2.33. The minimum absolute atomic E-state index is 0. The number of aliphatic imine (C=N–C) groups is 1. The van der Waals surface area contributed by atoms with Gasteiger partial charge in [0.2, 0.25) is 0 Å². The quantitative estimate of drug-likeness (QED) is 0.297. The van der Waals surface area contributed by atoms with E-state index in [0.29, 0.717) is 19.1 Å². The van der Waals surface area contributed by atoms with Gasteiger partial charge in [-0.3, -0.25) is 4.99 Å². The molecule has 31 heavy (non-hydrogen) atoms. The lowest BCUT2D eigenvalue weighted by molar-refractivity contribution is 0.166. The van der Waals surface area contributed by atoms with E-state index in [1.165, 1.54) is 25.1 Å². The van der Waals surface area contributed by atoms with E-state index >= 15 is 0 Å². The molecule has 1 atom stereocenters. The van der Waals surface area contributed by atoms with Crippen LogP contribution in [0, 0.1) is 12.8 Å². The summed E-state index contributed by atoms with van der Waals surface area (Å²) in [6.45, 7) is 11.8. The van der Waals surface area contributed by atoms with Crippen LogP contribution in [0.5, 0.6) is 5.75 Å². The number of hydrogen-bond donors (Lipinski definition) is 2. The van der Waals surface area contributed by atoms with Gasteiger partial charge in [-0.05, 0) is 51.5 Å². The van der Waals surface area contributed by atoms with Crippen molar-refractivity contribution < 1.29 is 9.47 Å². The van der Waals surface area contributed by atoms with Crippen LogP contribution in [0.4, 0.5) is 0 Å². The fourth-order valence-electron chi connectivity index (χ4n) is 3.92. The molecule has 0 aliphatic carbocycles. The first-order chi connectivity index (χ1) is 14.6. The summed E-state index contributed by atoms with van der Waals surface area (Å²) >= 11 is 0. The van der Waals surface area contributed by atoms with Gasteiger partial charge in [0.15, 0.2) is 5.96 Å². The summed E-state index contributed by atoms with van der Waals surface area (Å²) in [6, 6.07) is 6.40. The van der Waals surface area contributed by atoms with E-state index in [1.54, 1.807) is 0 Å². The van der Waals surface area contributed by atoms with Gasteiger partial charge in [0.25, 0.3) is 0 Å². The standard InChI is InChI=1S/C23H39N5O2.HI/c1-19-5-6-21(22(15-19)30-18-20-7-14-29-17-20)16-26-23(24-2)25-8-11-28-10-4-9-27(3)12-13-28;/h5-6,15,20H,4,7-14,16-18H2,1-3H3,(H2,24,25,26);1H. The Kier molecular flexibility index (Phi) is 11.9. The van der Waals surface area contributed by atoms with E-state index in [-0.39, 0.29) is 24.0 Å². The van der Waals surface area contributed by atoms with Gasteiger partial charge in [0.05, 0.1) is 13.2 Å². The maximum Gasteiger partial charge on any atom is 0.191 e. The molecule has 0 aromatic heterocycles. The van der Waals surface area contributed by atoms with Crippen molar-refractivity contribution in [2.24, 2.45) is 10.9 Å². The maximum atomic E-state index is 6.16. The van der Waals surface area contributed by atoms with Gasteiger partial charge in [-0.25, -0.2) is 0 Å². The average Bonchev–Trinajstić information content (AvgIpc) is 3.18. The molecule has 2 N–H and O–H groups in total. The van der Waals surface area contributed by atoms with E-state index in [2.05, 4.69) is 57.6 Å². The summed E-state index contributed by atoms with van der Waals surface area (Å²) in [5.41, 5.74) is 2.36. The lowest BCUT2D eigenvalue weighted by atomic mass is 10.1. The molecule has 2 fully saturated rings. The fraction of sp³-hybridized carbons (Fsp3) is 0.696. The van der Waals surface area contributed by atoms with Crippen molar-refractivity contribution >= 4 is 29.9 Å². The van der Waals surface area contributed by atoms with E-state index < -0.39 is 0 Å². The average molecular weight is 546 g/mol. The molecule has 0 saturated carbocycles. The van der Waals surface area contributed by atoms with Crippen molar-refractivity contribution in [2.45, 2.75) is 26.3 Å². The third kappa shape index (κ3) is 9.11. The van der Waals surface area contributed by atoms with Crippen LogP contribution in [-0.4, -0.2) is 88.9 Å².